The molecule has 2 atom stereocenters. The third-order valence-electron chi connectivity index (χ3n) is 5.91. The zero-order chi connectivity index (χ0) is 25.2. The molecule has 0 radical (unpaired) electrons. The van der Waals surface area contributed by atoms with Crippen molar-refractivity contribution >= 4 is 11.8 Å². The quantitative estimate of drug-likeness (QED) is 0.246. The van der Waals surface area contributed by atoms with Crippen LogP contribution in [0.5, 0.6) is 5.75 Å². The van der Waals surface area contributed by atoms with Crippen LogP contribution in [0.25, 0.3) is 22.8 Å². The smallest absolute Gasteiger partial charge is 0.180 e. The maximum atomic E-state index is 6.21. The van der Waals surface area contributed by atoms with E-state index in [1.165, 1.54) is 6.42 Å². The van der Waals surface area contributed by atoms with Gasteiger partial charge in [0.2, 0.25) is 0 Å². The number of allylic oxidation sites excluding steroid dienone is 1. The molecule has 0 fully saturated rings. The first-order valence-corrected chi connectivity index (χ1v) is 13.9. The van der Waals surface area contributed by atoms with Gasteiger partial charge in [-0.25, -0.2) is 15.0 Å². The highest BCUT2D eigenvalue weighted by molar-refractivity contribution is 7.99. The molecule has 7 nitrogen and oxygen atoms in total. The lowest BCUT2D eigenvalue weighted by atomic mass is 10.0. The lowest BCUT2D eigenvalue weighted by molar-refractivity contribution is 0.230. The van der Waals surface area contributed by atoms with Crippen molar-refractivity contribution in [1.29, 1.82) is 0 Å². The molecule has 0 spiro atoms. The Labute approximate surface area is 218 Å². The minimum absolute atomic E-state index is 0.154. The molecule has 1 aromatic carbocycles. The second-order valence-corrected chi connectivity index (χ2v) is 9.95. The molecule has 1 aliphatic carbocycles. The maximum absolute atomic E-state index is 6.21. The van der Waals surface area contributed by atoms with Crippen LogP contribution in [0.1, 0.15) is 50.8 Å². The highest BCUT2D eigenvalue weighted by Gasteiger charge is 2.15. The molecule has 0 bridgehead atoms. The highest BCUT2D eigenvalue weighted by atomic mass is 32.2. The van der Waals surface area contributed by atoms with Crippen LogP contribution < -0.4 is 15.4 Å². The van der Waals surface area contributed by atoms with Gasteiger partial charge in [-0.15, -0.1) is 11.8 Å². The number of rotatable bonds is 12. The van der Waals surface area contributed by atoms with E-state index in [0.717, 1.165) is 66.4 Å². The van der Waals surface area contributed by atoms with Gasteiger partial charge in [0.15, 0.2) is 5.82 Å². The summed E-state index contributed by atoms with van der Waals surface area (Å²) >= 11 is 1.80. The minimum Gasteiger partial charge on any atom is -0.486 e. The van der Waals surface area contributed by atoms with E-state index in [9.17, 15) is 0 Å². The summed E-state index contributed by atoms with van der Waals surface area (Å²) in [5.74, 6) is 2.22. The number of hydrogen-bond acceptors (Lipinski definition) is 8. The van der Waals surface area contributed by atoms with Crippen molar-refractivity contribution in [3.05, 3.63) is 66.3 Å². The molecule has 8 heteroatoms. The summed E-state index contributed by atoms with van der Waals surface area (Å²) in [7, 11) is 0. The van der Waals surface area contributed by atoms with Crippen LogP contribution >= 0.6 is 11.8 Å². The molecular formula is C28H36N6OS. The van der Waals surface area contributed by atoms with E-state index < -0.39 is 0 Å². The molecular weight excluding hydrogens is 468 g/mol. The van der Waals surface area contributed by atoms with Crippen molar-refractivity contribution in [2.75, 3.05) is 13.1 Å². The van der Waals surface area contributed by atoms with Gasteiger partial charge < -0.3 is 4.74 Å². The SMILES string of the molecule is CCCNC(NCC)SCc1cc(-c2ccc(OC3C=CCCC3)cc2C)nc(-c2cnccn2)n1. The summed E-state index contributed by atoms with van der Waals surface area (Å²) in [5, 5.41) is 7.05. The third kappa shape index (κ3) is 7.35. The Morgan fingerprint density at radius 2 is 2.03 bits per heavy atom. The predicted molar refractivity (Wildman–Crippen MR) is 148 cm³/mol. The second kappa shape index (κ2) is 13.5. The number of nitrogens with one attached hydrogen (secondary N) is 2. The van der Waals surface area contributed by atoms with Gasteiger partial charge >= 0.3 is 0 Å². The topological polar surface area (TPSA) is 84.9 Å². The lowest BCUT2D eigenvalue weighted by Gasteiger charge is -2.20. The Morgan fingerprint density at radius 3 is 2.75 bits per heavy atom. The van der Waals surface area contributed by atoms with Crippen molar-refractivity contribution in [2.24, 2.45) is 0 Å². The summed E-state index contributed by atoms with van der Waals surface area (Å²) in [4.78, 5) is 18.4. The molecule has 0 amide bonds. The van der Waals surface area contributed by atoms with Crippen molar-refractivity contribution in [3.8, 4) is 28.5 Å². The van der Waals surface area contributed by atoms with E-state index in [4.69, 9.17) is 14.7 Å². The van der Waals surface area contributed by atoms with Crippen LogP contribution in [-0.4, -0.2) is 44.6 Å². The zero-order valence-electron chi connectivity index (χ0n) is 21.4. The average Bonchev–Trinajstić information content (AvgIpc) is 2.91. The number of aromatic nitrogens is 4. The number of aryl methyl sites for hydroxylation is 1. The third-order valence-corrected chi connectivity index (χ3v) is 7.04. The zero-order valence-corrected chi connectivity index (χ0v) is 22.2. The van der Waals surface area contributed by atoms with Crippen LogP contribution in [0.4, 0.5) is 0 Å². The van der Waals surface area contributed by atoms with Gasteiger partial charge in [0, 0.05) is 23.7 Å². The number of hydrogen-bond donors (Lipinski definition) is 2. The minimum atomic E-state index is 0.154. The molecule has 0 saturated carbocycles. The van der Waals surface area contributed by atoms with Gasteiger partial charge in [0.25, 0.3) is 0 Å². The fraction of sp³-hybridized carbons (Fsp3) is 0.429. The predicted octanol–water partition coefficient (Wildman–Crippen LogP) is 5.52. The number of nitrogens with zero attached hydrogens (tertiary/aromatic N) is 4. The summed E-state index contributed by atoms with van der Waals surface area (Å²) in [6.07, 6.45) is 14.0. The largest absolute Gasteiger partial charge is 0.486 e. The molecule has 2 N–H and O–H groups in total. The first-order valence-electron chi connectivity index (χ1n) is 12.8. The van der Waals surface area contributed by atoms with Crippen LogP contribution in [0.2, 0.25) is 0 Å². The number of benzene rings is 1. The van der Waals surface area contributed by atoms with E-state index >= 15 is 0 Å². The Hall–Kier alpha value is -2.81. The van der Waals surface area contributed by atoms with Crippen LogP contribution in [0.15, 0.2) is 55.0 Å². The van der Waals surface area contributed by atoms with E-state index in [1.807, 2.05) is 6.07 Å². The van der Waals surface area contributed by atoms with Gasteiger partial charge in [-0.3, -0.25) is 15.6 Å². The molecule has 0 saturated heterocycles. The van der Waals surface area contributed by atoms with Crippen LogP contribution in [0, 0.1) is 6.92 Å². The molecule has 2 unspecified atom stereocenters. The van der Waals surface area contributed by atoms with Crippen LogP contribution in [0.3, 0.4) is 0 Å². The first kappa shape index (κ1) is 26.3. The molecule has 2 aromatic heterocycles. The van der Waals surface area contributed by atoms with Gasteiger partial charge in [-0.05, 0) is 81.6 Å². The summed E-state index contributed by atoms with van der Waals surface area (Å²) < 4.78 is 6.21. The van der Waals surface area contributed by atoms with E-state index in [2.05, 4.69) is 71.7 Å². The van der Waals surface area contributed by atoms with E-state index in [1.54, 1.807) is 30.4 Å². The summed E-state index contributed by atoms with van der Waals surface area (Å²) in [6, 6.07) is 8.33. The van der Waals surface area contributed by atoms with Gasteiger partial charge in [-0.1, -0.05) is 19.9 Å². The van der Waals surface area contributed by atoms with Crippen molar-refractivity contribution in [1.82, 2.24) is 30.6 Å². The van der Waals surface area contributed by atoms with Crippen molar-refractivity contribution < 1.29 is 4.74 Å². The first-order chi connectivity index (χ1) is 17.7. The molecule has 3 aromatic rings. The Bertz CT molecular complexity index is 1140. The Morgan fingerprint density at radius 1 is 1.11 bits per heavy atom. The maximum Gasteiger partial charge on any atom is 0.180 e. The van der Waals surface area contributed by atoms with E-state index in [0.29, 0.717) is 11.5 Å². The Balaban J connectivity index is 1.60. The lowest BCUT2D eigenvalue weighted by Crippen LogP contribution is -2.39. The highest BCUT2D eigenvalue weighted by Crippen LogP contribution is 2.30. The summed E-state index contributed by atoms with van der Waals surface area (Å²) in [6.45, 7) is 8.27. The fourth-order valence-electron chi connectivity index (χ4n) is 4.11. The number of thioether (sulfide) groups is 1. The van der Waals surface area contributed by atoms with Gasteiger partial charge in [-0.2, -0.15) is 0 Å². The Kier molecular flexibility index (Phi) is 9.84. The van der Waals surface area contributed by atoms with Crippen molar-refractivity contribution in [3.63, 3.8) is 0 Å². The molecule has 4 rings (SSSR count). The van der Waals surface area contributed by atoms with Gasteiger partial charge in [0.05, 0.1) is 17.6 Å². The molecule has 0 aliphatic heterocycles. The van der Waals surface area contributed by atoms with Gasteiger partial charge in [0.1, 0.15) is 23.0 Å². The molecule has 190 valence electrons. The van der Waals surface area contributed by atoms with Crippen molar-refractivity contribution in [2.45, 2.75) is 63.8 Å². The standard InChI is InChI=1S/C28H36N6OS/c1-4-13-32-28(30-5-2)36-19-21-17-25(34-27(33-21)26-18-29-14-15-31-26)24-12-11-23(16-20(24)3)35-22-9-7-6-8-10-22/h7,9,11-12,14-18,22,28,30,32H,4-6,8,10,13,19H2,1-3H3. The molecule has 36 heavy (non-hydrogen) atoms. The normalized spacial score (nSPS) is 16.1. The number of ether oxygens (including phenoxy) is 1. The van der Waals surface area contributed by atoms with E-state index in [-0.39, 0.29) is 11.6 Å². The average molecular weight is 505 g/mol. The summed E-state index contributed by atoms with van der Waals surface area (Å²) in [5.41, 5.74) is 4.85. The van der Waals surface area contributed by atoms with Crippen LogP contribution in [-0.2, 0) is 5.75 Å². The molecule has 1 aliphatic rings. The molecule has 2 heterocycles. The fourth-order valence-corrected chi connectivity index (χ4v) is 5.11. The second-order valence-electron chi connectivity index (χ2n) is 8.85. The monoisotopic (exact) mass is 504 g/mol.